The summed E-state index contributed by atoms with van der Waals surface area (Å²) in [5.74, 6) is -0.399. The van der Waals surface area contributed by atoms with Crippen molar-refractivity contribution in [3.63, 3.8) is 0 Å². The second-order valence-corrected chi connectivity index (χ2v) is 7.49. The van der Waals surface area contributed by atoms with E-state index in [1.165, 1.54) is 12.3 Å². The number of ether oxygens (including phenoxy) is 1. The standard InChI is InChI=1S/C22H24FN5O2/c1-13(14-7-9-30-10-8-14)26-20-17-11-15(16-4-6-19(23)25-12-16)3-5-18(17)27-28-21(20)22(29)24-2/h3-6,11-14H,7-10H2,1-2H3,(H,24,29)(H,26,27)/t13-/m1/s1. The maximum absolute atomic E-state index is 13.2. The predicted molar refractivity (Wildman–Crippen MR) is 113 cm³/mol. The third-order valence-electron chi connectivity index (χ3n) is 5.61. The quantitative estimate of drug-likeness (QED) is 0.628. The number of nitrogens with zero attached hydrogens (tertiary/aromatic N) is 3. The van der Waals surface area contributed by atoms with Gasteiger partial charge in [0.25, 0.3) is 5.91 Å². The highest BCUT2D eigenvalue weighted by Crippen LogP contribution is 2.31. The zero-order chi connectivity index (χ0) is 21.1. The number of benzene rings is 1. The fourth-order valence-corrected chi connectivity index (χ4v) is 3.82. The Labute approximate surface area is 174 Å². The Bertz CT molecular complexity index is 1050. The van der Waals surface area contributed by atoms with E-state index in [9.17, 15) is 9.18 Å². The van der Waals surface area contributed by atoms with E-state index in [-0.39, 0.29) is 17.6 Å². The summed E-state index contributed by atoms with van der Waals surface area (Å²) in [5, 5.41) is 15.4. The highest BCUT2D eigenvalue weighted by atomic mass is 19.1. The van der Waals surface area contributed by atoms with Gasteiger partial charge >= 0.3 is 0 Å². The van der Waals surface area contributed by atoms with Crippen LogP contribution in [-0.4, -0.2) is 47.4 Å². The smallest absolute Gasteiger partial charge is 0.273 e. The highest BCUT2D eigenvalue weighted by Gasteiger charge is 2.24. The van der Waals surface area contributed by atoms with Gasteiger partial charge in [0.2, 0.25) is 5.95 Å². The molecule has 156 valence electrons. The van der Waals surface area contributed by atoms with Gasteiger partial charge in [-0.15, -0.1) is 10.2 Å². The van der Waals surface area contributed by atoms with Gasteiger partial charge in [-0.3, -0.25) is 4.79 Å². The van der Waals surface area contributed by atoms with Crippen LogP contribution in [0, 0.1) is 11.9 Å². The van der Waals surface area contributed by atoms with Crippen molar-refractivity contribution in [2.45, 2.75) is 25.8 Å². The van der Waals surface area contributed by atoms with Crippen LogP contribution in [0.5, 0.6) is 0 Å². The van der Waals surface area contributed by atoms with Gasteiger partial charge < -0.3 is 15.4 Å². The summed E-state index contributed by atoms with van der Waals surface area (Å²) < 4.78 is 18.7. The van der Waals surface area contributed by atoms with Gasteiger partial charge in [-0.25, -0.2) is 4.98 Å². The molecular formula is C22H24FN5O2. The summed E-state index contributed by atoms with van der Waals surface area (Å²) in [7, 11) is 1.57. The summed E-state index contributed by atoms with van der Waals surface area (Å²) in [5.41, 5.74) is 3.20. The van der Waals surface area contributed by atoms with Crippen molar-refractivity contribution in [1.82, 2.24) is 20.5 Å². The first-order chi connectivity index (χ1) is 14.6. The summed E-state index contributed by atoms with van der Waals surface area (Å²) in [6.07, 6.45) is 3.42. The van der Waals surface area contributed by atoms with Gasteiger partial charge in [-0.2, -0.15) is 4.39 Å². The average Bonchev–Trinajstić information content (AvgIpc) is 2.79. The van der Waals surface area contributed by atoms with E-state index in [0.717, 1.165) is 42.6 Å². The Morgan fingerprint density at radius 2 is 1.93 bits per heavy atom. The molecule has 4 rings (SSSR count). The lowest BCUT2D eigenvalue weighted by Crippen LogP contribution is -2.32. The Morgan fingerprint density at radius 3 is 2.63 bits per heavy atom. The number of pyridine rings is 1. The van der Waals surface area contributed by atoms with Crippen molar-refractivity contribution in [3.05, 3.63) is 48.2 Å². The molecule has 30 heavy (non-hydrogen) atoms. The van der Waals surface area contributed by atoms with Crippen LogP contribution in [0.4, 0.5) is 10.1 Å². The van der Waals surface area contributed by atoms with Crippen molar-refractivity contribution in [2.75, 3.05) is 25.6 Å². The maximum Gasteiger partial charge on any atom is 0.273 e. The average molecular weight is 409 g/mol. The number of rotatable bonds is 5. The van der Waals surface area contributed by atoms with E-state index in [4.69, 9.17) is 4.74 Å². The SMILES string of the molecule is CNC(=O)c1nnc2ccc(-c3ccc(F)nc3)cc2c1N[C@H](C)C1CCOCC1. The molecule has 0 unspecified atom stereocenters. The van der Waals surface area contributed by atoms with Crippen LogP contribution < -0.4 is 10.6 Å². The number of carbonyl (C=O) groups excluding carboxylic acids is 1. The normalized spacial score (nSPS) is 15.7. The number of fused-ring (bicyclic) bond motifs is 1. The monoisotopic (exact) mass is 409 g/mol. The first-order valence-corrected chi connectivity index (χ1v) is 10.1. The zero-order valence-electron chi connectivity index (χ0n) is 17.0. The largest absolute Gasteiger partial charge is 0.381 e. The highest BCUT2D eigenvalue weighted by molar-refractivity contribution is 6.06. The molecule has 1 atom stereocenters. The van der Waals surface area contributed by atoms with E-state index in [0.29, 0.717) is 17.1 Å². The summed E-state index contributed by atoms with van der Waals surface area (Å²) >= 11 is 0. The third kappa shape index (κ3) is 4.09. The fourth-order valence-electron chi connectivity index (χ4n) is 3.82. The molecule has 0 spiro atoms. The second kappa shape index (κ2) is 8.71. The molecule has 1 amide bonds. The van der Waals surface area contributed by atoms with E-state index < -0.39 is 5.95 Å². The molecule has 3 aromatic rings. The summed E-state index contributed by atoms with van der Waals surface area (Å²) in [4.78, 5) is 16.2. The summed E-state index contributed by atoms with van der Waals surface area (Å²) in [6, 6.07) is 8.80. The minimum Gasteiger partial charge on any atom is -0.381 e. The van der Waals surface area contributed by atoms with Crippen molar-refractivity contribution in [3.8, 4) is 11.1 Å². The number of amides is 1. The van der Waals surface area contributed by atoms with Gasteiger partial charge in [0.15, 0.2) is 5.69 Å². The maximum atomic E-state index is 13.2. The van der Waals surface area contributed by atoms with E-state index in [1.54, 1.807) is 13.1 Å². The second-order valence-electron chi connectivity index (χ2n) is 7.49. The van der Waals surface area contributed by atoms with Gasteiger partial charge in [-0.1, -0.05) is 6.07 Å². The van der Waals surface area contributed by atoms with Crippen molar-refractivity contribution in [2.24, 2.45) is 5.92 Å². The van der Waals surface area contributed by atoms with E-state index in [2.05, 4.69) is 32.7 Å². The van der Waals surface area contributed by atoms with Crippen LogP contribution in [0.25, 0.3) is 22.0 Å². The molecule has 1 aromatic carbocycles. The topological polar surface area (TPSA) is 89.0 Å². The zero-order valence-corrected chi connectivity index (χ0v) is 17.0. The number of aromatic nitrogens is 3. The van der Waals surface area contributed by atoms with E-state index in [1.807, 2.05) is 18.2 Å². The van der Waals surface area contributed by atoms with Crippen molar-refractivity contribution in [1.29, 1.82) is 0 Å². The lowest BCUT2D eigenvalue weighted by molar-refractivity contribution is 0.0622. The number of hydrogen-bond acceptors (Lipinski definition) is 6. The van der Waals surface area contributed by atoms with Crippen LogP contribution in [0.1, 0.15) is 30.3 Å². The predicted octanol–water partition coefficient (Wildman–Crippen LogP) is 3.42. The molecule has 1 fully saturated rings. The Kier molecular flexibility index (Phi) is 5.85. The minimum absolute atomic E-state index is 0.126. The van der Waals surface area contributed by atoms with Crippen LogP contribution in [0.2, 0.25) is 0 Å². The minimum atomic E-state index is -0.528. The number of carbonyl (C=O) groups is 1. The van der Waals surface area contributed by atoms with Gasteiger partial charge in [-0.05, 0) is 55.5 Å². The molecule has 0 bridgehead atoms. The molecule has 0 radical (unpaired) electrons. The molecule has 8 heteroatoms. The molecule has 1 aliphatic heterocycles. The molecule has 1 aliphatic rings. The van der Waals surface area contributed by atoms with Crippen molar-refractivity contribution < 1.29 is 13.9 Å². The van der Waals surface area contributed by atoms with E-state index >= 15 is 0 Å². The fraction of sp³-hybridized carbons (Fsp3) is 0.364. The number of hydrogen-bond donors (Lipinski definition) is 2. The first kappa shape index (κ1) is 20.2. The van der Waals surface area contributed by atoms with Crippen LogP contribution in [-0.2, 0) is 4.74 Å². The first-order valence-electron chi connectivity index (χ1n) is 10.1. The lowest BCUT2D eigenvalue weighted by atomic mass is 9.92. The molecule has 1 saturated heterocycles. The van der Waals surface area contributed by atoms with Crippen LogP contribution in [0.15, 0.2) is 36.5 Å². The third-order valence-corrected chi connectivity index (χ3v) is 5.61. The lowest BCUT2D eigenvalue weighted by Gasteiger charge is -2.29. The number of anilines is 1. The van der Waals surface area contributed by atoms with Crippen molar-refractivity contribution >= 4 is 22.5 Å². The molecule has 0 saturated carbocycles. The van der Waals surface area contributed by atoms with Gasteiger partial charge in [0.05, 0.1) is 11.2 Å². The molecular weight excluding hydrogens is 385 g/mol. The van der Waals surface area contributed by atoms with Crippen LogP contribution in [0.3, 0.4) is 0 Å². The Balaban J connectivity index is 1.79. The van der Waals surface area contributed by atoms with Gasteiger partial charge in [0.1, 0.15) is 0 Å². The molecule has 0 aliphatic carbocycles. The molecule has 3 heterocycles. The van der Waals surface area contributed by atoms with Crippen LogP contribution >= 0.6 is 0 Å². The molecule has 7 nitrogen and oxygen atoms in total. The van der Waals surface area contributed by atoms with Gasteiger partial charge in [0, 0.05) is 43.4 Å². The summed E-state index contributed by atoms with van der Waals surface area (Å²) in [6.45, 7) is 3.61. The Hall–Kier alpha value is -3.13. The molecule has 2 N–H and O–H groups in total. The number of halogens is 1. The number of nitrogens with one attached hydrogen (secondary N) is 2. The Morgan fingerprint density at radius 1 is 1.17 bits per heavy atom. The molecule has 2 aromatic heterocycles.